The smallest absolute Gasteiger partial charge is 0.307 e. The van der Waals surface area contributed by atoms with Crippen molar-refractivity contribution in [3.05, 3.63) is 0 Å². The quantitative estimate of drug-likeness (QED) is 0.521. The lowest BCUT2D eigenvalue weighted by Crippen LogP contribution is -2.11. The van der Waals surface area contributed by atoms with Crippen molar-refractivity contribution in [2.45, 2.75) is 30.5 Å². The van der Waals surface area contributed by atoms with Gasteiger partial charge in [-0.1, -0.05) is 15.9 Å². The minimum absolute atomic E-state index is 0.0862. The first-order chi connectivity index (χ1) is 4.66. The van der Waals surface area contributed by atoms with Crippen LogP contribution in [0.1, 0.15) is 26.2 Å². The third kappa shape index (κ3) is 2.29. The first-order valence-corrected chi connectivity index (χ1v) is 4.30. The van der Waals surface area contributed by atoms with Crippen molar-refractivity contribution in [1.82, 2.24) is 0 Å². The summed E-state index contributed by atoms with van der Waals surface area (Å²) in [5.74, 6) is -0.0862. The van der Waals surface area contributed by atoms with E-state index < -0.39 is 0 Å². The summed E-state index contributed by atoms with van der Waals surface area (Å²) in [6.45, 7) is 2.31. The van der Waals surface area contributed by atoms with E-state index >= 15 is 0 Å². The van der Waals surface area contributed by atoms with Gasteiger partial charge in [-0.05, 0) is 19.8 Å². The largest absolute Gasteiger partial charge is 0.466 e. The number of carbonyl (C=O) groups is 1. The average molecular weight is 207 g/mol. The van der Waals surface area contributed by atoms with Crippen molar-refractivity contribution in [3.8, 4) is 0 Å². The molecule has 0 aromatic heterocycles. The first kappa shape index (κ1) is 8.05. The van der Waals surface area contributed by atoms with Gasteiger partial charge in [0.1, 0.15) is 0 Å². The van der Waals surface area contributed by atoms with Crippen LogP contribution in [0, 0.1) is 0 Å². The topological polar surface area (TPSA) is 26.3 Å². The molecule has 0 N–H and O–H groups in total. The lowest BCUT2D eigenvalue weighted by Gasteiger charge is -2.04. The second-order valence-electron chi connectivity index (χ2n) is 2.63. The molecule has 0 aliphatic heterocycles. The number of hydrogen-bond donors (Lipinski definition) is 0. The molecule has 2 nitrogen and oxygen atoms in total. The Morgan fingerprint density at radius 1 is 1.70 bits per heavy atom. The Balaban J connectivity index is 2.18. The molecule has 0 radical (unpaired) electrons. The Kier molecular flexibility index (Phi) is 2.34. The highest BCUT2D eigenvalue weighted by Crippen LogP contribution is 2.47. The van der Waals surface area contributed by atoms with Crippen LogP contribution in [-0.4, -0.2) is 16.9 Å². The van der Waals surface area contributed by atoms with Crippen LogP contribution < -0.4 is 0 Å². The number of hydrogen-bond acceptors (Lipinski definition) is 2. The Morgan fingerprint density at radius 3 is 2.70 bits per heavy atom. The highest BCUT2D eigenvalue weighted by atomic mass is 79.9. The summed E-state index contributed by atoms with van der Waals surface area (Å²) in [6.07, 6.45) is 2.73. The molecule has 3 heteroatoms. The third-order valence-electron chi connectivity index (χ3n) is 1.56. The molecule has 0 spiro atoms. The maximum atomic E-state index is 10.8. The summed E-state index contributed by atoms with van der Waals surface area (Å²) in [6, 6.07) is 0. The summed E-state index contributed by atoms with van der Waals surface area (Å²) < 4.78 is 4.90. The van der Waals surface area contributed by atoms with E-state index in [-0.39, 0.29) is 10.3 Å². The Hall–Kier alpha value is -0.0500. The van der Waals surface area contributed by atoms with Gasteiger partial charge in [0.25, 0.3) is 0 Å². The van der Waals surface area contributed by atoms with E-state index in [0.717, 1.165) is 12.8 Å². The summed E-state index contributed by atoms with van der Waals surface area (Å²) >= 11 is 3.46. The van der Waals surface area contributed by atoms with Crippen LogP contribution in [0.25, 0.3) is 0 Å². The minimum atomic E-state index is -0.0862. The van der Waals surface area contributed by atoms with Crippen molar-refractivity contribution in [3.63, 3.8) is 0 Å². The molecule has 0 heterocycles. The maximum Gasteiger partial charge on any atom is 0.307 e. The van der Waals surface area contributed by atoms with Gasteiger partial charge >= 0.3 is 5.97 Å². The number of ether oxygens (including phenoxy) is 1. The molecular weight excluding hydrogens is 196 g/mol. The third-order valence-corrected chi connectivity index (χ3v) is 2.63. The Morgan fingerprint density at radius 2 is 2.30 bits per heavy atom. The molecule has 1 fully saturated rings. The second-order valence-corrected chi connectivity index (χ2v) is 4.31. The van der Waals surface area contributed by atoms with Crippen LogP contribution in [0.2, 0.25) is 0 Å². The molecule has 10 heavy (non-hydrogen) atoms. The van der Waals surface area contributed by atoms with Gasteiger partial charge in [0.15, 0.2) is 0 Å². The van der Waals surface area contributed by atoms with Gasteiger partial charge in [-0.2, -0.15) is 0 Å². The van der Waals surface area contributed by atoms with Gasteiger partial charge in [0.2, 0.25) is 0 Å². The van der Waals surface area contributed by atoms with Gasteiger partial charge in [-0.3, -0.25) is 4.79 Å². The fourth-order valence-corrected chi connectivity index (χ4v) is 1.21. The average Bonchev–Trinajstić information content (AvgIpc) is 2.48. The summed E-state index contributed by atoms with van der Waals surface area (Å²) in [5, 5.41) is 0. The molecule has 0 atom stereocenters. The SMILES string of the molecule is CCOC(=O)CC1(Br)CC1. The zero-order chi connectivity index (χ0) is 7.61. The monoisotopic (exact) mass is 206 g/mol. The predicted molar refractivity (Wildman–Crippen MR) is 42.1 cm³/mol. The van der Waals surface area contributed by atoms with Crippen molar-refractivity contribution < 1.29 is 9.53 Å². The molecule has 0 bridgehead atoms. The number of esters is 1. The van der Waals surface area contributed by atoms with E-state index in [1.54, 1.807) is 0 Å². The van der Waals surface area contributed by atoms with E-state index in [4.69, 9.17) is 4.74 Å². The highest BCUT2D eigenvalue weighted by molar-refractivity contribution is 9.10. The molecule has 0 aromatic carbocycles. The molecule has 0 amide bonds. The predicted octanol–water partition coefficient (Wildman–Crippen LogP) is 1.87. The standard InChI is InChI=1S/C7H11BrO2/c1-2-10-6(9)5-7(8)3-4-7/h2-5H2,1H3. The first-order valence-electron chi connectivity index (χ1n) is 3.51. The molecule has 1 aliphatic carbocycles. The van der Waals surface area contributed by atoms with Crippen molar-refractivity contribution in [2.75, 3.05) is 6.61 Å². The summed E-state index contributed by atoms with van der Waals surface area (Å²) in [5.41, 5.74) is 0. The van der Waals surface area contributed by atoms with E-state index in [1.165, 1.54) is 0 Å². The minimum Gasteiger partial charge on any atom is -0.466 e. The Labute approximate surface area is 69.1 Å². The van der Waals surface area contributed by atoms with Crippen LogP contribution in [0.3, 0.4) is 0 Å². The molecule has 1 rings (SSSR count). The number of rotatable bonds is 3. The van der Waals surface area contributed by atoms with Crippen LogP contribution >= 0.6 is 15.9 Å². The fourth-order valence-electron chi connectivity index (χ4n) is 0.783. The van der Waals surface area contributed by atoms with Crippen LogP contribution in [0.4, 0.5) is 0 Å². The number of halogens is 1. The molecule has 58 valence electrons. The normalized spacial score (nSPS) is 20.2. The molecular formula is C7H11BrO2. The molecule has 1 aliphatic rings. The number of carbonyl (C=O) groups excluding carboxylic acids is 1. The Bertz CT molecular complexity index is 141. The maximum absolute atomic E-state index is 10.8. The molecule has 0 saturated heterocycles. The van der Waals surface area contributed by atoms with E-state index in [0.29, 0.717) is 13.0 Å². The van der Waals surface area contributed by atoms with E-state index in [1.807, 2.05) is 6.92 Å². The highest BCUT2D eigenvalue weighted by Gasteiger charge is 2.42. The van der Waals surface area contributed by atoms with E-state index in [2.05, 4.69) is 15.9 Å². The van der Waals surface area contributed by atoms with Crippen molar-refractivity contribution in [1.29, 1.82) is 0 Å². The molecule has 0 aromatic rings. The van der Waals surface area contributed by atoms with Crippen molar-refractivity contribution in [2.24, 2.45) is 0 Å². The van der Waals surface area contributed by atoms with Crippen LogP contribution in [-0.2, 0) is 9.53 Å². The van der Waals surface area contributed by atoms with E-state index in [9.17, 15) is 4.79 Å². The van der Waals surface area contributed by atoms with Crippen LogP contribution in [0.15, 0.2) is 0 Å². The lowest BCUT2D eigenvalue weighted by atomic mass is 10.3. The second kappa shape index (κ2) is 2.91. The van der Waals surface area contributed by atoms with Gasteiger partial charge in [-0.15, -0.1) is 0 Å². The summed E-state index contributed by atoms with van der Waals surface area (Å²) in [7, 11) is 0. The van der Waals surface area contributed by atoms with Gasteiger partial charge in [0, 0.05) is 4.32 Å². The fraction of sp³-hybridized carbons (Fsp3) is 0.857. The van der Waals surface area contributed by atoms with Crippen molar-refractivity contribution >= 4 is 21.9 Å². The molecule has 0 unspecified atom stereocenters. The van der Waals surface area contributed by atoms with Gasteiger partial charge < -0.3 is 4.74 Å². The van der Waals surface area contributed by atoms with Gasteiger partial charge in [-0.25, -0.2) is 0 Å². The van der Waals surface area contributed by atoms with Gasteiger partial charge in [0.05, 0.1) is 13.0 Å². The molecule has 1 saturated carbocycles. The lowest BCUT2D eigenvalue weighted by molar-refractivity contribution is -0.143. The van der Waals surface area contributed by atoms with Crippen LogP contribution in [0.5, 0.6) is 0 Å². The summed E-state index contributed by atoms with van der Waals surface area (Å²) in [4.78, 5) is 10.8. The zero-order valence-corrected chi connectivity index (χ0v) is 7.61. The number of alkyl halides is 1. The zero-order valence-electron chi connectivity index (χ0n) is 6.02.